The summed E-state index contributed by atoms with van der Waals surface area (Å²) in [6.45, 7) is 2.55. The first-order valence-electron chi connectivity index (χ1n) is 7.52. The zero-order valence-electron chi connectivity index (χ0n) is 13.2. The molecular weight excluding hydrogens is 322 g/mol. The van der Waals surface area contributed by atoms with Crippen molar-refractivity contribution >= 4 is 29.1 Å². The predicted molar refractivity (Wildman–Crippen MR) is 97.6 cm³/mol. The van der Waals surface area contributed by atoms with Crippen LogP contribution in [-0.2, 0) is 11.4 Å². The number of nitrogens with zero attached hydrogens (tertiary/aromatic N) is 2. The SMILES string of the molecule is Cc1cccc(COc2ccccc2C=NN=C2NC(=O)CS2)c1. The van der Waals surface area contributed by atoms with E-state index < -0.39 is 0 Å². The average Bonchev–Trinajstić information content (AvgIpc) is 2.99. The van der Waals surface area contributed by atoms with Crippen molar-refractivity contribution in [2.75, 3.05) is 5.75 Å². The Labute approximate surface area is 144 Å². The van der Waals surface area contributed by atoms with Crippen LogP contribution in [0.5, 0.6) is 5.75 Å². The third-order valence-electron chi connectivity index (χ3n) is 3.33. The highest BCUT2D eigenvalue weighted by Crippen LogP contribution is 2.18. The summed E-state index contributed by atoms with van der Waals surface area (Å²) in [7, 11) is 0. The number of para-hydroxylation sites is 1. The van der Waals surface area contributed by atoms with Crippen LogP contribution in [-0.4, -0.2) is 23.0 Å². The monoisotopic (exact) mass is 339 g/mol. The third-order valence-corrected chi connectivity index (χ3v) is 4.19. The highest BCUT2D eigenvalue weighted by molar-refractivity contribution is 8.15. The van der Waals surface area contributed by atoms with Crippen LogP contribution in [0.25, 0.3) is 0 Å². The fourth-order valence-corrected chi connectivity index (χ4v) is 2.84. The van der Waals surface area contributed by atoms with E-state index in [-0.39, 0.29) is 5.91 Å². The van der Waals surface area contributed by atoms with Crippen LogP contribution in [0.1, 0.15) is 16.7 Å². The van der Waals surface area contributed by atoms with Crippen molar-refractivity contribution in [3.63, 3.8) is 0 Å². The topological polar surface area (TPSA) is 63.1 Å². The first-order chi connectivity index (χ1) is 11.7. The number of rotatable bonds is 5. The van der Waals surface area contributed by atoms with Gasteiger partial charge < -0.3 is 10.1 Å². The Bertz CT molecular complexity index is 802. The fraction of sp³-hybridized carbons (Fsp3) is 0.167. The van der Waals surface area contributed by atoms with Gasteiger partial charge in [0.1, 0.15) is 12.4 Å². The van der Waals surface area contributed by atoms with Gasteiger partial charge in [-0.2, -0.15) is 5.10 Å². The number of carbonyl (C=O) groups excluding carboxylic acids is 1. The second-order valence-corrected chi connectivity index (χ2v) is 6.27. The smallest absolute Gasteiger partial charge is 0.236 e. The molecule has 0 spiro atoms. The molecule has 0 bridgehead atoms. The molecule has 2 aromatic rings. The van der Waals surface area contributed by atoms with E-state index in [1.54, 1.807) is 6.21 Å². The number of hydrogen-bond donors (Lipinski definition) is 1. The number of hydrogen-bond acceptors (Lipinski definition) is 5. The highest BCUT2D eigenvalue weighted by atomic mass is 32.2. The van der Waals surface area contributed by atoms with Crippen molar-refractivity contribution in [1.82, 2.24) is 5.32 Å². The number of amidine groups is 1. The van der Waals surface area contributed by atoms with Gasteiger partial charge in [-0.1, -0.05) is 53.7 Å². The molecule has 1 heterocycles. The fourth-order valence-electron chi connectivity index (χ4n) is 2.20. The standard InChI is InChI=1S/C18H17N3O2S/c1-13-5-4-6-14(9-13)11-23-16-8-3-2-7-15(16)10-19-21-18-20-17(22)12-24-18/h2-10H,11-12H2,1H3,(H,20,21,22). The van der Waals surface area contributed by atoms with Gasteiger partial charge >= 0.3 is 0 Å². The van der Waals surface area contributed by atoms with Crippen LogP contribution in [0.15, 0.2) is 58.7 Å². The van der Waals surface area contributed by atoms with E-state index >= 15 is 0 Å². The van der Waals surface area contributed by atoms with Gasteiger partial charge in [0.05, 0.1) is 12.0 Å². The van der Waals surface area contributed by atoms with E-state index in [4.69, 9.17) is 4.74 Å². The summed E-state index contributed by atoms with van der Waals surface area (Å²) in [5.74, 6) is 1.09. The molecule has 1 N–H and O–H groups in total. The van der Waals surface area contributed by atoms with Gasteiger partial charge in [0.25, 0.3) is 0 Å². The maximum Gasteiger partial charge on any atom is 0.236 e. The largest absolute Gasteiger partial charge is 0.488 e. The quantitative estimate of drug-likeness (QED) is 0.672. The zero-order valence-corrected chi connectivity index (χ0v) is 14.0. The number of ether oxygens (including phenoxy) is 1. The molecule has 1 aliphatic heterocycles. The van der Waals surface area contributed by atoms with Gasteiger partial charge in [-0.25, -0.2) is 0 Å². The minimum Gasteiger partial charge on any atom is -0.488 e. The Morgan fingerprint density at radius 2 is 2.12 bits per heavy atom. The molecule has 1 fully saturated rings. The third kappa shape index (κ3) is 4.45. The molecule has 5 nitrogen and oxygen atoms in total. The molecule has 1 aliphatic rings. The van der Waals surface area contributed by atoms with Crippen LogP contribution in [0.4, 0.5) is 0 Å². The molecular formula is C18H17N3O2S. The molecule has 1 amide bonds. The van der Waals surface area contributed by atoms with E-state index in [1.807, 2.05) is 36.4 Å². The molecule has 0 saturated carbocycles. The molecule has 0 aliphatic carbocycles. The number of amides is 1. The molecule has 122 valence electrons. The second kappa shape index (κ2) is 7.79. The molecule has 1 saturated heterocycles. The number of benzene rings is 2. The lowest BCUT2D eigenvalue weighted by atomic mass is 10.1. The summed E-state index contributed by atoms with van der Waals surface area (Å²) < 4.78 is 5.90. The Morgan fingerprint density at radius 1 is 1.25 bits per heavy atom. The predicted octanol–water partition coefficient (Wildman–Crippen LogP) is 3.13. The first kappa shape index (κ1) is 16.3. The first-order valence-corrected chi connectivity index (χ1v) is 8.50. The number of thioether (sulfide) groups is 1. The normalized spacial score (nSPS) is 15.9. The molecule has 3 rings (SSSR count). The lowest BCUT2D eigenvalue weighted by Crippen LogP contribution is -2.19. The van der Waals surface area contributed by atoms with Crippen molar-refractivity contribution in [3.8, 4) is 5.75 Å². The van der Waals surface area contributed by atoms with Gasteiger partial charge in [0.15, 0.2) is 5.17 Å². The molecule has 0 radical (unpaired) electrons. The summed E-state index contributed by atoms with van der Waals surface area (Å²) in [5, 5.41) is 11.2. The number of aryl methyl sites for hydroxylation is 1. The van der Waals surface area contributed by atoms with Crippen molar-refractivity contribution in [3.05, 3.63) is 65.2 Å². The molecule has 2 aromatic carbocycles. The molecule has 6 heteroatoms. The summed E-state index contributed by atoms with van der Waals surface area (Å²) in [5.41, 5.74) is 3.16. The second-order valence-electron chi connectivity index (χ2n) is 5.30. The van der Waals surface area contributed by atoms with Crippen LogP contribution in [0.3, 0.4) is 0 Å². The van der Waals surface area contributed by atoms with E-state index in [0.717, 1.165) is 16.9 Å². The minimum absolute atomic E-state index is 0.0455. The van der Waals surface area contributed by atoms with Crippen molar-refractivity contribution < 1.29 is 9.53 Å². The Morgan fingerprint density at radius 3 is 2.92 bits per heavy atom. The molecule has 24 heavy (non-hydrogen) atoms. The van der Waals surface area contributed by atoms with Gasteiger partial charge in [-0.05, 0) is 24.6 Å². The van der Waals surface area contributed by atoms with Gasteiger partial charge in [-0.3, -0.25) is 4.79 Å². The molecule has 0 aromatic heterocycles. The van der Waals surface area contributed by atoms with Gasteiger partial charge in [-0.15, -0.1) is 5.10 Å². The van der Waals surface area contributed by atoms with Gasteiger partial charge in [0, 0.05) is 5.56 Å². The summed E-state index contributed by atoms with van der Waals surface area (Å²) >= 11 is 1.34. The van der Waals surface area contributed by atoms with Crippen LogP contribution >= 0.6 is 11.8 Å². The minimum atomic E-state index is -0.0455. The zero-order chi connectivity index (χ0) is 16.8. The van der Waals surface area contributed by atoms with Crippen molar-refractivity contribution in [2.24, 2.45) is 10.2 Å². The Kier molecular flexibility index (Phi) is 5.28. The Balaban J connectivity index is 1.67. The van der Waals surface area contributed by atoms with Gasteiger partial charge in [0.2, 0.25) is 5.91 Å². The summed E-state index contributed by atoms with van der Waals surface area (Å²) in [6.07, 6.45) is 1.63. The highest BCUT2D eigenvalue weighted by Gasteiger charge is 2.15. The van der Waals surface area contributed by atoms with E-state index in [0.29, 0.717) is 17.5 Å². The average molecular weight is 339 g/mol. The van der Waals surface area contributed by atoms with E-state index in [2.05, 4.69) is 34.6 Å². The number of carbonyl (C=O) groups is 1. The number of nitrogens with one attached hydrogen (secondary N) is 1. The Hall–Kier alpha value is -2.60. The van der Waals surface area contributed by atoms with E-state index in [1.165, 1.54) is 17.3 Å². The lowest BCUT2D eigenvalue weighted by molar-refractivity contribution is -0.116. The maximum atomic E-state index is 11.1. The van der Waals surface area contributed by atoms with Crippen molar-refractivity contribution in [1.29, 1.82) is 0 Å². The van der Waals surface area contributed by atoms with E-state index in [9.17, 15) is 4.79 Å². The maximum absolute atomic E-state index is 11.1. The summed E-state index contributed by atoms with van der Waals surface area (Å²) in [4.78, 5) is 11.1. The molecule has 0 atom stereocenters. The van der Waals surface area contributed by atoms with Crippen LogP contribution in [0.2, 0.25) is 0 Å². The van der Waals surface area contributed by atoms with Crippen molar-refractivity contribution in [2.45, 2.75) is 13.5 Å². The summed E-state index contributed by atoms with van der Waals surface area (Å²) in [6, 6.07) is 15.9. The molecule has 0 unspecified atom stereocenters. The van der Waals surface area contributed by atoms with Crippen LogP contribution in [0, 0.1) is 6.92 Å². The lowest BCUT2D eigenvalue weighted by Gasteiger charge is -2.09. The van der Waals surface area contributed by atoms with Crippen LogP contribution < -0.4 is 10.1 Å².